The molecule has 0 aliphatic carbocycles. The van der Waals surface area contributed by atoms with E-state index in [4.69, 9.17) is 0 Å². The molecule has 1 aromatic carbocycles. The molecule has 1 N–H and O–H groups in total. The summed E-state index contributed by atoms with van der Waals surface area (Å²) in [6.45, 7) is 6.23. The van der Waals surface area contributed by atoms with Crippen molar-refractivity contribution in [2.75, 3.05) is 0 Å². The third kappa shape index (κ3) is 2.31. The minimum atomic E-state index is -1.05. The number of nitrogens with zero attached hydrogens (tertiary/aromatic N) is 2. The predicted molar refractivity (Wildman–Crippen MR) is 76.3 cm³/mol. The first-order valence-corrected chi connectivity index (χ1v) is 6.76. The highest BCUT2D eigenvalue weighted by Crippen LogP contribution is 2.22. The summed E-state index contributed by atoms with van der Waals surface area (Å²) in [5, 5.41) is 9.18. The number of benzene rings is 1. The van der Waals surface area contributed by atoms with Gasteiger partial charge in [-0.2, -0.15) is 0 Å². The van der Waals surface area contributed by atoms with Gasteiger partial charge in [-0.1, -0.05) is 6.92 Å². The van der Waals surface area contributed by atoms with Gasteiger partial charge in [-0.3, -0.25) is 4.79 Å². The molecule has 106 valence electrons. The molecule has 0 radical (unpaired) electrons. The molecule has 0 bridgehead atoms. The number of aromatic nitrogens is 2. The highest BCUT2D eigenvalue weighted by molar-refractivity contribution is 6.01. The number of fused-ring (bicyclic) bond motifs is 1. The first kappa shape index (κ1) is 14.2. The van der Waals surface area contributed by atoms with Crippen LogP contribution in [-0.4, -0.2) is 26.4 Å². The second-order valence-electron chi connectivity index (χ2n) is 4.81. The molecule has 5 heteroatoms. The Morgan fingerprint density at radius 1 is 1.30 bits per heavy atom. The van der Waals surface area contributed by atoms with Gasteiger partial charge in [0.1, 0.15) is 0 Å². The molecular formula is C15H18N2O3. The van der Waals surface area contributed by atoms with Crippen LogP contribution in [0.15, 0.2) is 12.1 Å². The Balaban J connectivity index is 2.66. The van der Waals surface area contributed by atoms with Gasteiger partial charge in [-0.25, -0.2) is 9.78 Å². The van der Waals surface area contributed by atoms with Gasteiger partial charge in [0.2, 0.25) is 5.82 Å². The number of carboxylic acids is 1. The number of hydrogen-bond donors (Lipinski definition) is 1. The van der Waals surface area contributed by atoms with Crippen molar-refractivity contribution >= 4 is 22.8 Å². The van der Waals surface area contributed by atoms with Crippen LogP contribution < -0.4 is 0 Å². The summed E-state index contributed by atoms with van der Waals surface area (Å²) in [5.41, 5.74) is 2.82. The molecule has 5 nitrogen and oxygen atoms in total. The summed E-state index contributed by atoms with van der Waals surface area (Å²) in [4.78, 5) is 27.4. The van der Waals surface area contributed by atoms with Gasteiger partial charge in [-0.15, -0.1) is 0 Å². The number of hydrogen-bond acceptors (Lipinski definition) is 3. The fourth-order valence-electron chi connectivity index (χ4n) is 2.42. The maximum atomic E-state index is 12.1. The number of aromatic carboxylic acids is 1. The Morgan fingerprint density at radius 2 is 2.00 bits per heavy atom. The lowest BCUT2D eigenvalue weighted by Gasteiger charge is -2.06. The number of ketones is 1. The quantitative estimate of drug-likeness (QED) is 0.850. The lowest BCUT2D eigenvalue weighted by Crippen LogP contribution is -2.08. The SMILES string of the molecule is CCCC(=O)c1cc2nc(C(=O)O)n(CC)c2cc1C. The normalized spacial score (nSPS) is 10.9. The van der Waals surface area contributed by atoms with Gasteiger partial charge in [0.15, 0.2) is 5.78 Å². The fourth-order valence-corrected chi connectivity index (χ4v) is 2.42. The van der Waals surface area contributed by atoms with Crippen LogP contribution in [0.1, 0.15) is 53.2 Å². The molecule has 0 spiro atoms. The monoisotopic (exact) mass is 274 g/mol. The minimum absolute atomic E-state index is 0.0157. The van der Waals surface area contributed by atoms with Crippen LogP contribution in [-0.2, 0) is 6.54 Å². The van der Waals surface area contributed by atoms with E-state index in [9.17, 15) is 14.7 Å². The van der Waals surface area contributed by atoms with Crippen molar-refractivity contribution in [3.05, 3.63) is 29.1 Å². The van der Waals surface area contributed by atoms with E-state index in [2.05, 4.69) is 4.98 Å². The molecule has 1 heterocycles. The predicted octanol–water partition coefficient (Wildman–Crippen LogP) is 3.05. The zero-order valence-corrected chi connectivity index (χ0v) is 11.9. The summed E-state index contributed by atoms with van der Waals surface area (Å²) < 4.78 is 1.65. The van der Waals surface area contributed by atoms with Crippen molar-refractivity contribution in [3.8, 4) is 0 Å². The van der Waals surface area contributed by atoms with E-state index >= 15 is 0 Å². The number of carbonyl (C=O) groups is 2. The third-order valence-corrected chi connectivity index (χ3v) is 3.38. The van der Waals surface area contributed by atoms with Crippen molar-refractivity contribution in [1.29, 1.82) is 0 Å². The maximum absolute atomic E-state index is 12.1. The molecule has 1 aromatic heterocycles. The van der Waals surface area contributed by atoms with Crippen LogP contribution in [0.4, 0.5) is 0 Å². The second kappa shape index (κ2) is 5.45. The molecule has 2 aromatic rings. The van der Waals surface area contributed by atoms with E-state index in [1.807, 2.05) is 26.8 Å². The maximum Gasteiger partial charge on any atom is 0.372 e. The van der Waals surface area contributed by atoms with Gasteiger partial charge in [0, 0.05) is 18.5 Å². The molecule has 0 saturated heterocycles. The second-order valence-corrected chi connectivity index (χ2v) is 4.81. The van der Waals surface area contributed by atoms with E-state index < -0.39 is 5.97 Å². The van der Waals surface area contributed by atoms with E-state index in [1.54, 1.807) is 10.6 Å². The summed E-state index contributed by atoms with van der Waals surface area (Å²) in [6, 6.07) is 3.56. The fraction of sp³-hybridized carbons (Fsp3) is 0.400. The number of imidazole rings is 1. The van der Waals surface area contributed by atoms with Gasteiger partial charge in [0.25, 0.3) is 0 Å². The van der Waals surface area contributed by atoms with Crippen LogP contribution in [0.3, 0.4) is 0 Å². The Kier molecular flexibility index (Phi) is 3.88. The summed E-state index contributed by atoms with van der Waals surface area (Å²) >= 11 is 0. The zero-order valence-electron chi connectivity index (χ0n) is 11.9. The van der Waals surface area contributed by atoms with Crippen molar-refractivity contribution in [2.24, 2.45) is 0 Å². The zero-order chi connectivity index (χ0) is 14.9. The number of carbonyl (C=O) groups excluding carboxylic acids is 1. The topological polar surface area (TPSA) is 72.2 Å². The van der Waals surface area contributed by atoms with E-state index in [0.29, 0.717) is 24.0 Å². The van der Waals surface area contributed by atoms with Gasteiger partial charge in [-0.05, 0) is 38.0 Å². The smallest absolute Gasteiger partial charge is 0.372 e. The molecule has 0 aliphatic rings. The van der Waals surface area contributed by atoms with E-state index in [0.717, 1.165) is 17.5 Å². The first-order valence-electron chi connectivity index (χ1n) is 6.76. The molecule has 0 amide bonds. The Morgan fingerprint density at radius 3 is 2.55 bits per heavy atom. The molecular weight excluding hydrogens is 256 g/mol. The average Bonchev–Trinajstić information content (AvgIpc) is 2.75. The van der Waals surface area contributed by atoms with Gasteiger partial charge in [0.05, 0.1) is 11.0 Å². The minimum Gasteiger partial charge on any atom is -0.475 e. The Labute approximate surface area is 117 Å². The Hall–Kier alpha value is -2.17. The Bertz CT molecular complexity index is 686. The largest absolute Gasteiger partial charge is 0.475 e. The molecule has 0 unspecified atom stereocenters. The van der Waals surface area contributed by atoms with Crippen molar-refractivity contribution in [1.82, 2.24) is 9.55 Å². The third-order valence-electron chi connectivity index (χ3n) is 3.38. The van der Waals surface area contributed by atoms with Crippen LogP contribution in [0, 0.1) is 6.92 Å². The van der Waals surface area contributed by atoms with Crippen LogP contribution in [0.25, 0.3) is 11.0 Å². The number of aryl methyl sites for hydroxylation is 2. The van der Waals surface area contributed by atoms with Crippen LogP contribution in [0.2, 0.25) is 0 Å². The molecule has 0 aliphatic heterocycles. The summed E-state index contributed by atoms with van der Waals surface area (Å²) in [5.74, 6) is -0.959. The highest BCUT2D eigenvalue weighted by atomic mass is 16.4. The lowest BCUT2D eigenvalue weighted by atomic mass is 10.0. The molecule has 20 heavy (non-hydrogen) atoms. The molecule has 0 saturated carbocycles. The summed E-state index contributed by atoms with van der Waals surface area (Å²) in [6.07, 6.45) is 1.28. The number of carboxylic acid groups (broad SMARTS) is 1. The lowest BCUT2D eigenvalue weighted by molar-refractivity contribution is 0.0679. The highest BCUT2D eigenvalue weighted by Gasteiger charge is 2.18. The van der Waals surface area contributed by atoms with E-state index in [-0.39, 0.29) is 11.6 Å². The van der Waals surface area contributed by atoms with Gasteiger partial charge < -0.3 is 9.67 Å². The van der Waals surface area contributed by atoms with Crippen molar-refractivity contribution in [3.63, 3.8) is 0 Å². The first-order chi connectivity index (χ1) is 9.49. The van der Waals surface area contributed by atoms with Crippen molar-refractivity contribution < 1.29 is 14.7 Å². The molecule has 2 rings (SSSR count). The molecule has 0 fully saturated rings. The number of Topliss-reactive ketones (excluding diaryl/α,β-unsaturated/α-hetero) is 1. The standard InChI is InChI=1S/C15H18N2O3/c1-4-6-13(18)10-8-11-12(7-9(10)3)17(5-2)14(16-11)15(19)20/h7-8H,4-6H2,1-3H3,(H,19,20). The molecule has 0 atom stereocenters. The number of rotatable bonds is 5. The van der Waals surface area contributed by atoms with Crippen LogP contribution >= 0.6 is 0 Å². The van der Waals surface area contributed by atoms with Gasteiger partial charge >= 0.3 is 5.97 Å². The van der Waals surface area contributed by atoms with Crippen molar-refractivity contribution in [2.45, 2.75) is 40.2 Å². The van der Waals surface area contributed by atoms with Crippen LogP contribution in [0.5, 0.6) is 0 Å². The van der Waals surface area contributed by atoms with E-state index in [1.165, 1.54) is 0 Å². The average molecular weight is 274 g/mol. The summed E-state index contributed by atoms with van der Waals surface area (Å²) in [7, 11) is 0.